The fourth-order valence-electron chi connectivity index (χ4n) is 2.35. The molecule has 20 heavy (non-hydrogen) atoms. The summed E-state index contributed by atoms with van der Waals surface area (Å²) in [7, 11) is 1.49. The standard InChI is InChI=1S/C14H13F2NO3/c1-7-13(14(19)20)9(6-12(18)17(7)2)8-3-4-10(15)11(16)5-8/h3-5,9H,6H2,1-2H3,(H,19,20)/t9-/m1/s1. The van der Waals surface area contributed by atoms with Crippen molar-refractivity contribution in [3.63, 3.8) is 0 Å². The number of aliphatic carboxylic acids is 1. The van der Waals surface area contributed by atoms with E-state index in [4.69, 9.17) is 0 Å². The first-order valence-electron chi connectivity index (χ1n) is 5.98. The minimum Gasteiger partial charge on any atom is -0.478 e. The van der Waals surface area contributed by atoms with Crippen molar-refractivity contribution in [1.29, 1.82) is 0 Å². The Hall–Kier alpha value is -2.24. The summed E-state index contributed by atoms with van der Waals surface area (Å²) in [5, 5.41) is 9.30. The molecule has 1 N–H and O–H groups in total. The molecule has 0 saturated carbocycles. The van der Waals surface area contributed by atoms with E-state index in [1.807, 2.05) is 0 Å². The molecular formula is C14H13F2NO3. The normalized spacial score (nSPS) is 19.5. The van der Waals surface area contributed by atoms with E-state index in [9.17, 15) is 23.5 Å². The summed E-state index contributed by atoms with van der Waals surface area (Å²) >= 11 is 0. The number of halogens is 2. The molecule has 1 atom stereocenters. The van der Waals surface area contributed by atoms with E-state index in [-0.39, 0.29) is 23.5 Å². The monoisotopic (exact) mass is 281 g/mol. The van der Waals surface area contributed by atoms with Gasteiger partial charge in [0.15, 0.2) is 11.6 Å². The van der Waals surface area contributed by atoms with E-state index in [0.717, 1.165) is 12.1 Å². The highest BCUT2D eigenvalue weighted by molar-refractivity contribution is 5.94. The Labute approximate surface area is 114 Å². The van der Waals surface area contributed by atoms with Crippen molar-refractivity contribution < 1.29 is 23.5 Å². The molecule has 0 spiro atoms. The van der Waals surface area contributed by atoms with Crippen LogP contribution >= 0.6 is 0 Å². The lowest BCUT2D eigenvalue weighted by Crippen LogP contribution is -2.35. The maximum absolute atomic E-state index is 13.3. The molecule has 0 fully saturated rings. The smallest absolute Gasteiger partial charge is 0.333 e. The highest BCUT2D eigenvalue weighted by Gasteiger charge is 2.34. The topological polar surface area (TPSA) is 57.6 Å². The molecule has 106 valence electrons. The zero-order chi connectivity index (χ0) is 15.0. The Bertz CT molecular complexity index is 625. The van der Waals surface area contributed by atoms with Crippen molar-refractivity contribution in [2.24, 2.45) is 0 Å². The second-order valence-corrected chi connectivity index (χ2v) is 4.69. The van der Waals surface area contributed by atoms with Gasteiger partial charge in [0.25, 0.3) is 0 Å². The SMILES string of the molecule is CC1=C(C(=O)O)[C@@H](c2ccc(F)c(F)c2)CC(=O)N1C. The van der Waals surface area contributed by atoms with Gasteiger partial charge in [-0.3, -0.25) is 4.79 Å². The van der Waals surface area contributed by atoms with Crippen LogP contribution in [0.25, 0.3) is 0 Å². The predicted molar refractivity (Wildman–Crippen MR) is 66.8 cm³/mol. The van der Waals surface area contributed by atoms with Crippen LogP contribution in [0.15, 0.2) is 29.5 Å². The number of carboxylic acids is 1. The minimum atomic E-state index is -1.17. The number of benzene rings is 1. The summed E-state index contributed by atoms with van der Waals surface area (Å²) in [5.74, 6) is -4.27. The number of carboxylic acid groups (broad SMARTS) is 1. The average molecular weight is 281 g/mol. The van der Waals surface area contributed by atoms with E-state index in [1.165, 1.54) is 24.9 Å². The van der Waals surface area contributed by atoms with Gasteiger partial charge in [0.2, 0.25) is 5.91 Å². The molecule has 0 aromatic heterocycles. The number of carbonyl (C=O) groups is 2. The summed E-state index contributed by atoms with van der Waals surface area (Å²) in [6.07, 6.45) is -0.0828. The van der Waals surface area contributed by atoms with Crippen LogP contribution in [0.5, 0.6) is 0 Å². The molecule has 1 aromatic rings. The third kappa shape index (κ3) is 2.29. The van der Waals surface area contributed by atoms with Gasteiger partial charge in [-0.1, -0.05) is 6.07 Å². The van der Waals surface area contributed by atoms with Crippen LogP contribution in [0.1, 0.15) is 24.8 Å². The van der Waals surface area contributed by atoms with Crippen molar-refractivity contribution >= 4 is 11.9 Å². The first-order chi connectivity index (χ1) is 9.32. The predicted octanol–water partition coefficient (Wildman–Crippen LogP) is 2.27. The first kappa shape index (κ1) is 14.2. The Morgan fingerprint density at radius 3 is 2.55 bits per heavy atom. The van der Waals surface area contributed by atoms with Crippen LogP contribution in [0.3, 0.4) is 0 Å². The maximum Gasteiger partial charge on any atom is 0.333 e. The molecule has 0 radical (unpaired) electrons. The summed E-state index contributed by atoms with van der Waals surface area (Å²) in [5.41, 5.74) is 0.615. The number of nitrogens with zero attached hydrogens (tertiary/aromatic N) is 1. The van der Waals surface area contributed by atoms with Gasteiger partial charge in [0, 0.05) is 25.1 Å². The van der Waals surface area contributed by atoms with Gasteiger partial charge in [-0.15, -0.1) is 0 Å². The zero-order valence-corrected chi connectivity index (χ0v) is 11.0. The summed E-state index contributed by atoms with van der Waals surface area (Å²) < 4.78 is 26.3. The van der Waals surface area contributed by atoms with Gasteiger partial charge in [-0.2, -0.15) is 0 Å². The van der Waals surface area contributed by atoms with Gasteiger partial charge < -0.3 is 10.0 Å². The van der Waals surface area contributed by atoms with E-state index >= 15 is 0 Å². The molecule has 0 saturated heterocycles. The summed E-state index contributed by atoms with van der Waals surface area (Å²) in [6.45, 7) is 1.52. The molecule has 1 amide bonds. The fourth-order valence-corrected chi connectivity index (χ4v) is 2.35. The van der Waals surface area contributed by atoms with Crippen molar-refractivity contribution in [1.82, 2.24) is 4.90 Å². The Kier molecular flexibility index (Phi) is 3.57. The van der Waals surface area contributed by atoms with Gasteiger partial charge in [0.1, 0.15) is 0 Å². The van der Waals surface area contributed by atoms with Crippen molar-refractivity contribution in [3.05, 3.63) is 46.7 Å². The molecule has 1 heterocycles. The molecule has 2 rings (SSSR count). The van der Waals surface area contributed by atoms with E-state index in [1.54, 1.807) is 0 Å². The van der Waals surface area contributed by atoms with E-state index in [2.05, 4.69) is 0 Å². The lowest BCUT2D eigenvalue weighted by atomic mass is 9.84. The first-order valence-corrected chi connectivity index (χ1v) is 5.98. The number of rotatable bonds is 2. The number of hydrogen-bond donors (Lipinski definition) is 1. The lowest BCUT2D eigenvalue weighted by Gasteiger charge is -2.31. The maximum atomic E-state index is 13.3. The second kappa shape index (κ2) is 5.03. The number of amides is 1. The largest absolute Gasteiger partial charge is 0.478 e. The molecule has 0 bridgehead atoms. The van der Waals surface area contributed by atoms with Crippen molar-refractivity contribution in [2.45, 2.75) is 19.3 Å². The van der Waals surface area contributed by atoms with Gasteiger partial charge in [0.05, 0.1) is 5.57 Å². The quantitative estimate of drug-likeness (QED) is 0.904. The Balaban J connectivity index is 2.56. The highest BCUT2D eigenvalue weighted by atomic mass is 19.2. The molecule has 1 aliphatic rings. The number of allylic oxidation sites excluding steroid dienone is 1. The molecule has 1 aromatic carbocycles. The van der Waals surface area contributed by atoms with Crippen LogP contribution in [-0.2, 0) is 9.59 Å². The van der Waals surface area contributed by atoms with Crippen LogP contribution in [-0.4, -0.2) is 28.9 Å². The third-order valence-electron chi connectivity index (χ3n) is 3.57. The van der Waals surface area contributed by atoms with Gasteiger partial charge in [-0.05, 0) is 24.6 Å². The summed E-state index contributed by atoms with van der Waals surface area (Å²) in [6, 6.07) is 3.18. The fraction of sp³-hybridized carbons (Fsp3) is 0.286. The van der Waals surface area contributed by atoms with E-state index in [0.29, 0.717) is 5.70 Å². The second-order valence-electron chi connectivity index (χ2n) is 4.69. The van der Waals surface area contributed by atoms with Crippen molar-refractivity contribution in [2.75, 3.05) is 7.05 Å². The van der Waals surface area contributed by atoms with Crippen LogP contribution < -0.4 is 0 Å². The molecule has 0 aliphatic carbocycles. The van der Waals surface area contributed by atoms with Crippen LogP contribution in [0, 0.1) is 11.6 Å². The Morgan fingerprint density at radius 2 is 2.00 bits per heavy atom. The minimum absolute atomic E-state index is 0.0260. The van der Waals surface area contributed by atoms with Gasteiger partial charge >= 0.3 is 5.97 Å². The Morgan fingerprint density at radius 1 is 1.35 bits per heavy atom. The average Bonchev–Trinajstić information content (AvgIpc) is 2.38. The number of hydrogen-bond acceptors (Lipinski definition) is 2. The molecule has 4 nitrogen and oxygen atoms in total. The number of carbonyl (C=O) groups excluding carboxylic acids is 1. The van der Waals surface area contributed by atoms with Crippen LogP contribution in [0.2, 0.25) is 0 Å². The van der Waals surface area contributed by atoms with E-state index < -0.39 is 23.5 Å². The molecule has 6 heteroatoms. The molecule has 1 aliphatic heterocycles. The zero-order valence-electron chi connectivity index (χ0n) is 11.0. The summed E-state index contributed by atoms with van der Waals surface area (Å²) in [4.78, 5) is 24.5. The third-order valence-corrected chi connectivity index (χ3v) is 3.57. The lowest BCUT2D eigenvalue weighted by molar-refractivity contribution is -0.134. The molecular weight excluding hydrogens is 268 g/mol. The highest BCUT2D eigenvalue weighted by Crippen LogP contribution is 2.36. The van der Waals surface area contributed by atoms with Gasteiger partial charge in [-0.25, -0.2) is 13.6 Å². The van der Waals surface area contributed by atoms with Crippen molar-refractivity contribution in [3.8, 4) is 0 Å². The van der Waals surface area contributed by atoms with Crippen LogP contribution in [0.4, 0.5) is 8.78 Å². The molecule has 0 unspecified atom stereocenters.